The number of carbonyl (C=O) groups is 2. The predicted molar refractivity (Wildman–Crippen MR) is 126 cm³/mol. The van der Waals surface area contributed by atoms with E-state index >= 15 is 0 Å². The smallest absolute Gasteiger partial charge is 0.410 e. The second-order valence-corrected chi connectivity index (χ2v) is 10.3. The highest BCUT2D eigenvalue weighted by atomic mass is 16.6. The number of aromatic carboxylic acids is 1. The maximum Gasteiger partial charge on any atom is 0.410 e. The number of fused-ring (bicyclic) bond motifs is 1. The van der Waals surface area contributed by atoms with Gasteiger partial charge in [-0.1, -0.05) is 13.0 Å². The third kappa shape index (κ3) is 4.43. The lowest BCUT2D eigenvalue weighted by molar-refractivity contribution is 0.00664. The highest BCUT2D eigenvalue weighted by Gasteiger charge is 2.39. The molecule has 0 aliphatic carbocycles. The standard InChI is InChI=1S/C25H35N3O4/c1-5-18-19-7-6-17(16-20(19)26-21(18)22(29)30)27-12-8-25(9-13-27)10-14-28(15-11-25)23(31)32-24(2,3)4/h6-7,16,26H,5,8-15H2,1-4H3,(H,29,30). The van der Waals surface area contributed by atoms with Crippen LogP contribution in [0.5, 0.6) is 0 Å². The Kier molecular flexibility index (Phi) is 5.86. The Morgan fingerprint density at radius 3 is 2.28 bits per heavy atom. The van der Waals surface area contributed by atoms with Gasteiger partial charge in [-0.3, -0.25) is 0 Å². The van der Waals surface area contributed by atoms with E-state index in [1.807, 2.05) is 32.6 Å². The van der Waals surface area contributed by atoms with Crippen molar-refractivity contribution in [1.82, 2.24) is 9.88 Å². The van der Waals surface area contributed by atoms with Crippen molar-refractivity contribution < 1.29 is 19.4 Å². The van der Waals surface area contributed by atoms with Gasteiger partial charge in [-0.05, 0) is 76.0 Å². The van der Waals surface area contributed by atoms with Crippen molar-refractivity contribution in [3.05, 3.63) is 29.5 Å². The van der Waals surface area contributed by atoms with E-state index in [4.69, 9.17) is 4.74 Å². The Balaban J connectivity index is 1.39. The van der Waals surface area contributed by atoms with Crippen molar-refractivity contribution in [2.75, 3.05) is 31.1 Å². The number of anilines is 1. The molecule has 7 nitrogen and oxygen atoms in total. The van der Waals surface area contributed by atoms with Crippen LogP contribution in [0.2, 0.25) is 0 Å². The van der Waals surface area contributed by atoms with Crippen molar-refractivity contribution in [2.45, 2.75) is 65.4 Å². The number of hydrogen-bond acceptors (Lipinski definition) is 4. The minimum atomic E-state index is -0.905. The van der Waals surface area contributed by atoms with Gasteiger partial charge in [0, 0.05) is 42.8 Å². The van der Waals surface area contributed by atoms with Crippen LogP contribution in [0.25, 0.3) is 10.9 Å². The molecular weight excluding hydrogens is 406 g/mol. The first-order valence-corrected chi connectivity index (χ1v) is 11.7. The summed E-state index contributed by atoms with van der Waals surface area (Å²) < 4.78 is 5.53. The van der Waals surface area contributed by atoms with Crippen LogP contribution < -0.4 is 4.90 Å². The lowest BCUT2D eigenvalue weighted by atomic mass is 9.71. The number of piperidine rings is 2. The molecule has 0 bridgehead atoms. The van der Waals surface area contributed by atoms with Gasteiger partial charge in [0.15, 0.2) is 0 Å². The van der Waals surface area contributed by atoms with Crippen LogP contribution in [0.1, 0.15) is 69.4 Å². The summed E-state index contributed by atoms with van der Waals surface area (Å²) in [5.74, 6) is -0.905. The molecule has 0 unspecified atom stereocenters. The lowest BCUT2D eigenvalue weighted by Crippen LogP contribution is -2.49. The first kappa shape index (κ1) is 22.5. The molecule has 0 saturated carbocycles. The lowest BCUT2D eigenvalue weighted by Gasteiger charge is -2.47. The molecule has 1 spiro atoms. The maximum absolute atomic E-state index is 12.4. The Bertz CT molecular complexity index is 1000. The van der Waals surface area contributed by atoms with E-state index in [0.717, 1.165) is 74.0 Å². The minimum absolute atomic E-state index is 0.198. The summed E-state index contributed by atoms with van der Waals surface area (Å²) in [5.41, 5.74) is 3.04. The predicted octanol–water partition coefficient (Wildman–Crippen LogP) is 5.05. The zero-order valence-corrected chi connectivity index (χ0v) is 19.7. The number of nitrogens with one attached hydrogen (secondary N) is 1. The molecule has 2 N–H and O–H groups in total. The van der Waals surface area contributed by atoms with Crippen molar-refractivity contribution in [2.24, 2.45) is 5.41 Å². The fourth-order valence-corrected chi connectivity index (χ4v) is 5.22. The quantitative estimate of drug-likeness (QED) is 0.696. The molecule has 2 aromatic rings. The number of benzene rings is 1. The third-order valence-electron chi connectivity index (χ3n) is 7.12. The molecule has 0 atom stereocenters. The fourth-order valence-electron chi connectivity index (χ4n) is 5.22. The number of likely N-dealkylation sites (tertiary alicyclic amines) is 1. The van der Waals surface area contributed by atoms with Gasteiger partial charge in [-0.15, -0.1) is 0 Å². The van der Waals surface area contributed by atoms with Gasteiger partial charge >= 0.3 is 12.1 Å². The maximum atomic E-state index is 12.4. The topological polar surface area (TPSA) is 85.9 Å². The number of aryl methyl sites for hydroxylation is 1. The second kappa shape index (κ2) is 8.34. The fraction of sp³-hybridized carbons (Fsp3) is 0.600. The zero-order valence-electron chi connectivity index (χ0n) is 19.7. The molecule has 2 aliphatic rings. The van der Waals surface area contributed by atoms with Crippen molar-refractivity contribution in [3.8, 4) is 0 Å². The molecule has 4 rings (SSSR count). The van der Waals surface area contributed by atoms with Gasteiger partial charge in [0.25, 0.3) is 0 Å². The molecule has 7 heteroatoms. The summed E-state index contributed by atoms with van der Waals surface area (Å²) in [6, 6.07) is 6.25. The monoisotopic (exact) mass is 441 g/mol. The first-order valence-electron chi connectivity index (χ1n) is 11.7. The largest absolute Gasteiger partial charge is 0.477 e. The Hall–Kier alpha value is -2.70. The van der Waals surface area contributed by atoms with Crippen LogP contribution in [0.3, 0.4) is 0 Å². The number of amides is 1. The van der Waals surface area contributed by atoms with Crippen LogP contribution in [0, 0.1) is 5.41 Å². The summed E-state index contributed by atoms with van der Waals surface area (Å²) in [6.45, 7) is 11.2. The molecule has 174 valence electrons. The molecular formula is C25H35N3O4. The number of H-pyrrole nitrogens is 1. The first-order chi connectivity index (χ1) is 15.1. The van der Waals surface area contributed by atoms with E-state index in [-0.39, 0.29) is 6.09 Å². The minimum Gasteiger partial charge on any atom is -0.477 e. The number of ether oxygens (including phenoxy) is 1. The molecule has 32 heavy (non-hydrogen) atoms. The Labute approximate surface area is 189 Å². The van der Waals surface area contributed by atoms with Crippen LogP contribution in [0.15, 0.2) is 18.2 Å². The van der Waals surface area contributed by atoms with Gasteiger partial charge in [-0.25, -0.2) is 9.59 Å². The van der Waals surface area contributed by atoms with Gasteiger partial charge in [0.1, 0.15) is 11.3 Å². The number of hydrogen-bond donors (Lipinski definition) is 2. The van der Waals surface area contributed by atoms with E-state index in [2.05, 4.69) is 28.1 Å². The molecule has 1 aromatic carbocycles. The zero-order chi connectivity index (χ0) is 23.1. The molecule has 2 saturated heterocycles. The van der Waals surface area contributed by atoms with Crippen LogP contribution >= 0.6 is 0 Å². The molecule has 1 aromatic heterocycles. The number of aromatic amines is 1. The van der Waals surface area contributed by atoms with Crippen LogP contribution in [0.4, 0.5) is 10.5 Å². The number of rotatable bonds is 3. The Morgan fingerprint density at radius 2 is 1.72 bits per heavy atom. The Morgan fingerprint density at radius 1 is 1.09 bits per heavy atom. The number of nitrogens with zero attached hydrogens (tertiary/aromatic N) is 2. The second-order valence-electron chi connectivity index (χ2n) is 10.3. The SMILES string of the molecule is CCc1c(C(=O)O)[nH]c2cc(N3CCC4(CCN(C(=O)OC(C)(C)C)CC4)CC3)ccc12. The normalized spacial score (nSPS) is 18.9. The summed E-state index contributed by atoms with van der Waals surface area (Å²) in [5, 5.41) is 10.5. The molecule has 0 radical (unpaired) electrons. The summed E-state index contributed by atoms with van der Waals surface area (Å²) in [6.07, 6.45) is 4.76. The third-order valence-corrected chi connectivity index (χ3v) is 7.12. The highest BCUT2D eigenvalue weighted by molar-refractivity contribution is 5.98. The summed E-state index contributed by atoms with van der Waals surface area (Å²) in [4.78, 5) is 31.3. The van der Waals surface area contributed by atoms with Crippen molar-refractivity contribution >= 4 is 28.7 Å². The number of carbonyl (C=O) groups excluding carboxylic acids is 1. The average molecular weight is 442 g/mol. The summed E-state index contributed by atoms with van der Waals surface area (Å²) >= 11 is 0. The van der Waals surface area contributed by atoms with Gasteiger partial charge in [0.05, 0.1) is 0 Å². The molecule has 1 amide bonds. The molecule has 2 fully saturated rings. The number of aromatic nitrogens is 1. The van der Waals surface area contributed by atoms with Gasteiger partial charge in [-0.2, -0.15) is 0 Å². The van der Waals surface area contributed by atoms with E-state index in [1.165, 1.54) is 0 Å². The van der Waals surface area contributed by atoms with Gasteiger partial charge < -0.3 is 24.6 Å². The van der Waals surface area contributed by atoms with E-state index in [9.17, 15) is 14.7 Å². The van der Waals surface area contributed by atoms with Crippen LogP contribution in [-0.2, 0) is 11.2 Å². The number of carboxylic acids is 1. The average Bonchev–Trinajstić information content (AvgIpc) is 3.12. The molecule has 2 aliphatic heterocycles. The van der Waals surface area contributed by atoms with E-state index < -0.39 is 11.6 Å². The van der Waals surface area contributed by atoms with Crippen molar-refractivity contribution in [3.63, 3.8) is 0 Å². The van der Waals surface area contributed by atoms with Gasteiger partial charge in [0.2, 0.25) is 0 Å². The highest BCUT2D eigenvalue weighted by Crippen LogP contribution is 2.42. The van der Waals surface area contributed by atoms with Crippen molar-refractivity contribution in [1.29, 1.82) is 0 Å². The number of carboxylic acid groups (broad SMARTS) is 1. The summed E-state index contributed by atoms with van der Waals surface area (Å²) in [7, 11) is 0. The van der Waals surface area contributed by atoms with E-state index in [1.54, 1.807) is 0 Å². The molecule has 3 heterocycles. The van der Waals surface area contributed by atoms with E-state index in [0.29, 0.717) is 17.5 Å². The van der Waals surface area contributed by atoms with Crippen LogP contribution in [-0.4, -0.2) is 58.8 Å².